The maximum atomic E-state index is 11.9. The molecule has 1 saturated heterocycles. The van der Waals surface area contributed by atoms with Crippen LogP contribution < -0.4 is 5.32 Å². The summed E-state index contributed by atoms with van der Waals surface area (Å²) in [7, 11) is 0. The zero-order chi connectivity index (χ0) is 13.2. The van der Waals surface area contributed by atoms with Crippen LogP contribution in [0.3, 0.4) is 0 Å². The summed E-state index contributed by atoms with van der Waals surface area (Å²) >= 11 is 0. The van der Waals surface area contributed by atoms with E-state index in [2.05, 4.69) is 31.1 Å². The van der Waals surface area contributed by atoms with Gasteiger partial charge in [0, 0.05) is 29.6 Å². The minimum Gasteiger partial charge on any atom is -0.368 e. The Labute approximate surface area is 108 Å². The van der Waals surface area contributed by atoms with Gasteiger partial charge in [-0.1, -0.05) is 20.8 Å². The molecule has 4 heteroatoms. The molecule has 1 aromatic rings. The van der Waals surface area contributed by atoms with Crippen LogP contribution in [0.2, 0.25) is 0 Å². The molecular weight excluding hydrogens is 228 g/mol. The fourth-order valence-electron chi connectivity index (χ4n) is 1.93. The van der Waals surface area contributed by atoms with Crippen molar-refractivity contribution in [2.75, 3.05) is 11.9 Å². The minimum absolute atomic E-state index is 0.0232. The number of amides is 1. The molecule has 0 aromatic carbocycles. The predicted molar refractivity (Wildman–Crippen MR) is 70.5 cm³/mol. The van der Waals surface area contributed by atoms with Gasteiger partial charge in [-0.15, -0.1) is 0 Å². The fraction of sp³-hybridized carbons (Fsp3) is 0.571. The summed E-state index contributed by atoms with van der Waals surface area (Å²) in [6.45, 7) is 6.98. The van der Waals surface area contributed by atoms with E-state index in [1.165, 1.54) is 0 Å². The molecule has 1 aromatic heterocycles. The van der Waals surface area contributed by atoms with Gasteiger partial charge in [0.05, 0.1) is 0 Å². The largest absolute Gasteiger partial charge is 0.368 e. The van der Waals surface area contributed by atoms with Gasteiger partial charge in [-0.05, 0) is 25.0 Å². The molecule has 1 aliphatic rings. The maximum Gasteiger partial charge on any atom is 0.253 e. The lowest BCUT2D eigenvalue weighted by molar-refractivity contribution is -0.124. The molecule has 2 heterocycles. The fourth-order valence-corrected chi connectivity index (χ4v) is 1.93. The van der Waals surface area contributed by atoms with Crippen molar-refractivity contribution in [1.82, 2.24) is 4.98 Å². The van der Waals surface area contributed by atoms with Crippen molar-refractivity contribution in [3.8, 4) is 0 Å². The Bertz CT molecular complexity index is 432. The molecule has 4 nitrogen and oxygen atoms in total. The van der Waals surface area contributed by atoms with Crippen LogP contribution in [0.25, 0.3) is 0 Å². The van der Waals surface area contributed by atoms with Gasteiger partial charge in [0.2, 0.25) is 0 Å². The number of hydrogen-bond acceptors (Lipinski definition) is 3. The molecule has 0 saturated carbocycles. The van der Waals surface area contributed by atoms with Crippen LogP contribution in [0, 0.1) is 0 Å². The number of aromatic nitrogens is 1. The number of ether oxygens (including phenoxy) is 1. The molecule has 1 fully saturated rings. The molecule has 18 heavy (non-hydrogen) atoms. The zero-order valence-corrected chi connectivity index (χ0v) is 11.2. The average molecular weight is 248 g/mol. The van der Waals surface area contributed by atoms with Crippen molar-refractivity contribution < 1.29 is 9.53 Å². The number of rotatable bonds is 2. The lowest BCUT2D eigenvalue weighted by atomic mass is 9.91. The molecule has 1 N–H and O–H groups in total. The predicted octanol–water partition coefficient (Wildman–Crippen LogP) is 2.50. The van der Waals surface area contributed by atoms with Crippen molar-refractivity contribution in [1.29, 1.82) is 0 Å². The summed E-state index contributed by atoms with van der Waals surface area (Å²) in [6.07, 6.45) is 3.20. The third kappa shape index (κ3) is 3.07. The van der Waals surface area contributed by atoms with Crippen LogP contribution in [0.4, 0.5) is 5.69 Å². The monoisotopic (exact) mass is 248 g/mol. The van der Waals surface area contributed by atoms with Crippen LogP contribution in [0.1, 0.15) is 39.3 Å². The molecule has 2 rings (SSSR count). The van der Waals surface area contributed by atoms with Gasteiger partial charge in [-0.25, -0.2) is 0 Å². The molecule has 0 bridgehead atoms. The number of carbonyl (C=O) groups excluding carboxylic acids is 1. The van der Waals surface area contributed by atoms with E-state index in [9.17, 15) is 4.79 Å². The van der Waals surface area contributed by atoms with Gasteiger partial charge in [0.25, 0.3) is 5.91 Å². The van der Waals surface area contributed by atoms with Gasteiger partial charge >= 0.3 is 0 Å². The summed E-state index contributed by atoms with van der Waals surface area (Å²) in [5, 5.41) is 2.89. The van der Waals surface area contributed by atoms with E-state index >= 15 is 0 Å². The normalized spacial score (nSPS) is 19.8. The number of carbonyl (C=O) groups is 1. The van der Waals surface area contributed by atoms with Crippen LogP contribution in [-0.2, 0) is 14.9 Å². The first-order chi connectivity index (χ1) is 8.47. The second kappa shape index (κ2) is 5.06. The number of anilines is 1. The van der Waals surface area contributed by atoms with Crippen molar-refractivity contribution in [3.05, 3.63) is 24.0 Å². The minimum atomic E-state index is -0.295. The molecule has 0 aliphatic carbocycles. The van der Waals surface area contributed by atoms with Crippen molar-refractivity contribution in [2.24, 2.45) is 0 Å². The zero-order valence-electron chi connectivity index (χ0n) is 11.2. The maximum absolute atomic E-state index is 11.9. The molecule has 0 spiro atoms. The standard InChI is InChI=1S/C14H20N2O2/c1-14(2,3)12-9-10(6-7-15-12)16-13(17)11-5-4-8-18-11/h6-7,9,11H,4-5,8H2,1-3H3,(H,15,16,17). The highest BCUT2D eigenvalue weighted by Crippen LogP contribution is 2.23. The first-order valence-corrected chi connectivity index (χ1v) is 6.36. The van der Waals surface area contributed by atoms with Crippen LogP contribution in [-0.4, -0.2) is 23.6 Å². The summed E-state index contributed by atoms with van der Waals surface area (Å²) in [4.78, 5) is 16.3. The third-order valence-corrected chi connectivity index (χ3v) is 3.02. The molecule has 98 valence electrons. The van der Waals surface area contributed by atoms with E-state index in [1.807, 2.05) is 12.1 Å². The SMILES string of the molecule is CC(C)(C)c1cc(NC(=O)C2CCCO2)ccn1. The highest BCUT2D eigenvalue weighted by Gasteiger charge is 2.24. The number of nitrogens with zero attached hydrogens (tertiary/aromatic N) is 1. The Kier molecular flexibility index (Phi) is 3.66. The molecule has 0 radical (unpaired) electrons. The van der Waals surface area contributed by atoms with Crippen molar-refractivity contribution in [2.45, 2.75) is 45.1 Å². The summed E-state index contributed by atoms with van der Waals surface area (Å²) < 4.78 is 5.36. The van der Waals surface area contributed by atoms with E-state index in [4.69, 9.17) is 4.74 Å². The van der Waals surface area contributed by atoms with E-state index in [-0.39, 0.29) is 17.4 Å². The molecule has 1 aliphatic heterocycles. The summed E-state index contributed by atoms with van der Waals surface area (Å²) in [5.41, 5.74) is 1.73. The molecule has 1 atom stereocenters. The van der Waals surface area contributed by atoms with Crippen LogP contribution in [0.15, 0.2) is 18.3 Å². The van der Waals surface area contributed by atoms with Crippen LogP contribution in [0.5, 0.6) is 0 Å². The smallest absolute Gasteiger partial charge is 0.253 e. The molecule has 1 unspecified atom stereocenters. The van der Waals surface area contributed by atoms with Crippen LogP contribution >= 0.6 is 0 Å². The first kappa shape index (κ1) is 13.0. The Morgan fingerprint density at radius 3 is 2.89 bits per heavy atom. The Hall–Kier alpha value is -1.42. The number of hydrogen-bond donors (Lipinski definition) is 1. The lowest BCUT2D eigenvalue weighted by Crippen LogP contribution is -2.27. The second-order valence-corrected chi connectivity index (χ2v) is 5.67. The lowest BCUT2D eigenvalue weighted by Gasteiger charge is -2.18. The Balaban J connectivity index is 2.07. The average Bonchev–Trinajstić information content (AvgIpc) is 2.81. The van der Waals surface area contributed by atoms with Gasteiger partial charge < -0.3 is 10.1 Å². The van der Waals surface area contributed by atoms with Crippen molar-refractivity contribution in [3.63, 3.8) is 0 Å². The van der Waals surface area contributed by atoms with Gasteiger partial charge in [0.1, 0.15) is 6.10 Å². The van der Waals surface area contributed by atoms with E-state index in [1.54, 1.807) is 6.20 Å². The number of nitrogens with one attached hydrogen (secondary N) is 1. The van der Waals surface area contributed by atoms with Gasteiger partial charge in [0.15, 0.2) is 0 Å². The van der Waals surface area contributed by atoms with Gasteiger partial charge in [-0.2, -0.15) is 0 Å². The third-order valence-electron chi connectivity index (χ3n) is 3.02. The van der Waals surface area contributed by atoms with Gasteiger partial charge in [-0.3, -0.25) is 9.78 Å². The van der Waals surface area contributed by atoms with E-state index < -0.39 is 0 Å². The molecular formula is C14H20N2O2. The highest BCUT2D eigenvalue weighted by atomic mass is 16.5. The number of pyridine rings is 1. The quantitative estimate of drug-likeness (QED) is 0.874. The first-order valence-electron chi connectivity index (χ1n) is 6.36. The van der Waals surface area contributed by atoms with E-state index in [0.717, 1.165) is 24.2 Å². The summed E-state index contributed by atoms with van der Waals surface area (Å²) in [6, 6.07) is 3.73. The van der Waals surface area contributed by atoms with Crippen molar-refractivity contribution >= 4 is 11.6 Å². The highest BCUT2D eigenvalue weighted by molar-refractivity contribution is 5.94. The summed E-state index contributed by atoms with van der Waals surface area (Å²) in [5.74, 6) is -0.0569. The molecule has 1 amide bonds. The van der Waals surface area contributed by atoms with E-state index in [0.29, 0.717) is 6.61 Å². The second-order valence-electron chi connectivity index (χ2n) is 5.67. The Morgan fingerprint density at radius 2 is 2.28 bits per heavy atom. The Morgan fingerprint density at radius 1 is 1.50 bits per heavy atom. The topological polar surface area (TPSA) is 51.2 Å².